The summed E-state index contributed by atoms with van der Waals surface area (Å²) in [7, 11) is -3.42. The number of hydrogen-bond donors (Lipinski definition) is 2. The molecule has 0 radical (unpaired) electrons. The van der Waals surface area contributed by atoms with Gasteiger partial charge >= 0.3 is 0 Å². The molecule has 2 heterocycles. The zero-order valence-electron chi connectivity index (χ0n) is 9.93. The molecule has 7 heteroatoms. The Morgan fingerprint density at radius 2 is 2.18 bits per heavy atom. The van der Waals surface area contributed by atoms with Crippen LogP contribution in [0.4, 0.5) is 0 Å². The van der Waals surface area contributed by atoms with Gasteiger partial charge in [0, 0.05) is 18.6 Å². The SMILES string of the molecule is CC(C(N)=S)S(=O)(=O)NC1CCN2CCCC12. The Hall–Kier alpha value is -0.240. The third-order valence-electron chi connectivity index (χ3n) is 3.79. The van der Waals surface area contributed by atoms with Gasteiger partial charge in [0.2, 0.25) is 10.0 Å². The first-order valence-corrected chi connectivity index (χ1v) is 7.92. The van der Waals surface area contributed by atoms with Crippen LogP contribution in [0.15, 0.2) is 0 Å². The summed E-state index contributed by atoms with van der Waals surface area (Å²) in [6.07, 6.45) is 3.12. The quantitative estimate of drug-likeness (QED) is 0.697. The largest absolute Gasteiger partial charge is 0.392 e. The number of nitrogens with one attached hydrogen (secondary N) is 1. The summed E-state index contributed by atoms with van der Waals surface area (Å²) in [5.41, 5.74) is 5.40. The van der Waals surface area contributed by atoms with Crippen molar-refractivity contribution >= 4 is 27.2 Å². The molecule has 0 bridgehead atoms. The Bertz CT molecular complexity index is 410. The zero-order chi connectivity index (χ0) is 12.6. The first-order valence-electron chi connectivity index (χ1n) is 5.96. The van der Waals surface area contributed by atoms with E-state index in [1.807, 2.05) is 0 Å². The number of rotatable bonds is 4. The highest BCUT2D eigenvalue weighted by atomic mass is 32.2. The van der Waals surface area contributed by atoms with Crippen LogP contribution in [-0.4, -0.2) is 48.7 Å². The number of thiocarbonyl (C=S) groups is 1. The standard InChI is InChI=1S/C10H19N3O2S2/c1-7(10(11)16)17(14,15)12-8-4-6-13-5-2-3-9(8)13/h7-9,12H,2-6H2,1H3,(H2,11,16). The number of sulfonamides is 1. The molecule has 0 saturated carbocycles. The Kier molecular flexibility index (Phi) is 3.72. The molecule has 3 N–H and O–H groups in total. The van der Waals surface area contributed by atoms with Gasteiger partial charge in [-0.15, -0.1) is 0 Å². The molecule has 17 heavy (non-hydrogen) atoms. The molecular weight excluding hydrogens is 258 g/mol. The number of nitrogens with two attached hydrogens (primary N) is 1. The van der Waals surface area contributed by atoms with E-state index in [9.17, 15) is 8.42 Å². The predicted octanol–water partition coefficient (Wildman–Crippen LogP) is -0.183. The summed E-state index contributed by atoms with van der Waals surface area (Å²) in [6, 6.07) is 0.391. The molecule has 3 atom stereocenters. The Balaban J connectivity index is 2.04. The number of nitrogens with zero attached hydrogens (tertiary/aromatic N) is 1. The van der Waals surface area contributed by atoms with Crippen molar-refractivity contribution in [3.05, 3.63) is 0 Å². The fraction of sp³-hybridized carbons (Fsp3) is 0.900. The second-order valence-electron chi connectivity index (χ2n) is 4.85. The molecule has 2 aliphatic heterocycles. The van der Waals surface area contributed by atoms with Crippen molar-refractivity contribution in [1.82, 2.24) is 9.62 Å². The molecule has 3 unspecified atom stereocenters. The molecule has 0 amide bonds. The molecule has 0 aromatic heterocycles. The molecule has 2 aliphatic rings. The van der Waals surface area contributed by atoms with Crippen molar-refractivity contribution < 1.29 is 8.42 Å². The van der Waals surface area contributed by atoms with E-state index in [4.69, 9.17) is 18.0 Å². The van der Waals surface area contributed by atoms with Crippen LogP contribution in [0, 0.1) is 0 Å². The van der Waals surface area contributed by atoms with Crippen LogP contribution in [0.5, 0.6) is 0 Å². The summed E-state index contributed by atoms with van der Waals surface area (Å²) >= 11 is 4.75. The summed E-state index contributed by atoms with van der Waals surface area (Å²) in [6.45, 7) is 3.61. The lowest BCUT2D eigenvalue weighted by Crippen LogP contribution is -2.48. The van der Waals surface area contributed by atoms with Gasteiger partial charge in [-0.25, -0.2) is 13.1 Å². The van der Waals surface area contributed by atoms with Gasteiger partial charge < -0.3 is 5.73 Å². The number of fused-ring (bicyclic) bond motifs is 1. The molecule has 0 aromatic rings. The average molecular weight is 277 g/mol. The lowest BCUT2D eigenvalue weighted by atomic mass is 10.1. The third-order valence-corrected chi connectivity index (χ3v) is 6.11. The van der Waals surface area contributed by atoms with E-state index in [1.165, 1.54) is 6.92 Å². The minimum Gasteiger partial charge on any atom is -0.392 e. The first-order chi connectivity index (χ1) is 7.92. The minimum atomic E-state index is -3.42. The molecule has 5 nitrogen and oxygen atoms in total. The highest BCUT2D eigenvalue weighted by Crippen LogP contribution is 2.28. The van der Waals surface area contributed by atoms with Gasteiger partial charge in [-0.2, -0.15) is 0 Å². The molecule has 2 fully saturated rings. The van der Waals surface area contributed by atoms with Crippen LogP contribution in [0.2, 0.25) is 0 Å². The highest BCUT2D eigenvalue weighted by molar-refractivity contribution is 7.93. The summed E-state index contributed by atoms with van der Waals surface area (Å²) in [4.78, 5) is 2.39. The van der Waals surface area contributed by atoms with Crippen LogP contribution in [0.3, 0.4) is 0 Å². The van der Waals surface area contributed by atoms with Gasteiger partial charge in [0.05, 0.1) is 4.99 Å². The van der Waals surface area contributed by atoms with Crippen LogP contribution in [-0.2, 0) is 10.0 Å². The highest BCUT2D eigenvalue weighted by Gasteiger charge is 2.40. The van der Waals surface area contributed by atoms with E-state index in [1.54, 1.807) is 0 Å². The minimum absolute atomic E-state index is 0.0266. The summed E-state index contributed by atoms with van der Waals surface area (Å²) < 4.78 is 26.8. The lowest BCUT2D eigenvalue weighted by Gasteiger charge is -2.22. The van der Waals surface area contributed by atoms with Crippen molar-refractivity contribution in [2.45, 2.75) is 43.5 Å². The smallest absolute Gasteiger partial charge is 0.221 e. The van der Waals surface area contributed by atoms with E-state index < -0.39 is 15.3 Å². The van der Waals surface area contributed by atoms with E-state index in [2.05, 4.69) is 9.62 Å². The zero-order valence-corrected chi connectivity index (χ0v) is 11.6. The van der Waals surface area contributed by atoms with E-state index >= 15 is 0 Å². The molecular formula is C10H19N3O2S2. The fourth-order valence-electron chi connectivity index (χ4n) is 2.69. The molecule has 2 rings (SSSR count). The van der Waals surface area contributed by atoms with Gasteiger partial charge in [0.15, 0.2) is 0 Å². The Labute approximate surface area is 108 Å². The maximum absolute atomic E-state index is 12.0. The average Bonchev–Trinajstić information content (AvgIpc) is 2.81. The molecule has 0 aliphatic carbocycles. The van der Waals surface area contributed by atoms with Crippen molar-refractivity contribution in [3.63, 3.8) is 0 Å². The van der Waals surface area contributed by atoms with Crippen molar-refractivity contribution in [2.75, 3.05) is 13.1 Å². The first kappa shape index (κ1) is 13.2. The van der Waals surface area contributed by atoms with Gasteiger partial charge in [-0.05, 0) is 32.7 Å². The lowest BCUT2D eigenvalue weighted by molar-refractivity contribution is 0.309. The van der Waals surface area contributed by atoms with Gasteiger partial charge in [0.1, 0.15) is 5.25 Å². The van der Waals surface area contributed by atoms with Gasteiger partial charge in [-0.1, -0.05) is 12.2 Å². The predicted molar refractivity (Wildman–Crippen MR) is 71.3 cm³/mol. The summed E-state index contributed by atoms with van der Waals surface area (Å²) in [5, 5.41) is -0.798. The van der Waals surface area contributed by atoms with E-state index in [0.29, 0.717) is 6.04 Å². The summed E-state index contributed by atoms with van der Waals surface area (Å²) in [5.74, 6) is 0. The van der Waals surface area contributed by atoms with E-state index in [-0.39, 0.29) is 11.0 Å². The van der Waals surface area contributed by atoms with Crippen molar-refractivity contribution in [2.24, 2.45) is 5.73 Å². The maximum Gasteiger partial charge on any atom is 0.221 e. The second-order valence-corrected chi connectivity index (χ2v) is 7.35. The number of hydrogen-bond acceptors (Lipinski definition) is 4. The van der Waals surface area contributed by atoms with Gasteiger partial charge in [0.25, 0.3) is 0 Å². The van der Waals surface area contributed by atoms with Crippen LogP contribution >= 0.6 is 12.2 Å². The molecule has 2 saturated heterocycles. The maximum atomic E-state index is 12.0. The van der Waals surface area contributed by atoms with Crippen molar-refractivity contribution in [1.29, 1.82) is 0 Å². The van der Waals surface area contributed by atoms with Gasteiger partial charge in [-0.3, -0.25) is 4.90 Å². The van der Waals surface area contributed by atoms with E-state index in [0.717, 1.165) is 32.4 Å². The normalized spacial score (nSPS) is 31.4. The molecule has 0 aromatic carbocycles. The molecule has 0 spiro atoms. The van der Waals surface area contributed by atoms with Crippen LogP contribution in [0.25, 0.3) is 0 Å². The molecule has 98 valence electrons. The second kappa shape index (κ2) is 4.79. The topological polar surface area (TPSA) is 75.4 Å². The third kappa shape index (κ3) is 2.62. The van der Waals surface area contributed by atoms with Crippen LogP contribution < -0.4 is 10.5 Å². The van der Waals surface area contributed by atoms with Crippen LogP contribution in [0.1, 0.15) is 26.2 Å². The monoisotopic (exact) mass is 277 g/mol. The fourth-order valence-corrected chi connectivity index (χ4v) is 4.27. The van der Waals surface area contributed by atoms with Crippen molar-refractivity contribution in [3.8, 4) is 0 Å². The Morgan fingerprint density at radius 3 is 2.82 bits per heavy atom. The Morgan fingerprint density at radius 1 is 1.47 bits per heavy atom.